The van der Waals surface area contributed by atoms with Crippen LogP contribution >= 0.6 is 0 Å². The number of aliphatic hydroxyl groups is 1. The Morgan fingerprint density at radius 3 is 1.81 bits per heavy atom. The fourth-order valence-electron chi connectivity index (χ4n) is 3.06. The van der Waals surface area contributed by atoms with Crippen LogP contribution in [0.5, 0.6) is 0 Å². The van der Waals surface area contributed by atoms with E-state index in [-0.39, 0.29) is 18.8 Å². The second-order valence-electron chi connectivity index (χ2n) is 6.66. The lowest BCUT2D eigenvalue weighted by molar-refractivity contribution is 0.236. The van der Waals surface area contributed by atoms with Gasteiger partial charge in [0, 0.05) is 0 Å². The number of unbranched alkanes of at least 4 members (excludes halogenated alkanes) is 11. The minimum atomic E-state index is -0.174. The summed E-state index contributed by atoms with van der Waals surface area (Å²) in [4.78, 5) is 0. The van der Waals surface area contributed by atoms with Crippen molar-refractivity contribution in [3.05, 3.63) is 0 Å². The van der Waals surface area contributed by atoms with Crippen molar-refractivity contribution in [2.24, 2.45) is 5.73 Å². The summed E-state index contributed by atoms with van der Waals surface area (Å²) in [5.74, 6) is 0. The average molecular weight is 299 g/mol. The third-order valence-corrected chi connectivity index (χ3v) is 4.60. The van der Waals surface area contributed by atoms with Gasteiger partial charge in [0.15, 0.2) is 0 Å². The zero-order valence-corrected chi connectivity index (χ0v) is 14.1. The second-order valence-corrected chi connectivity index (χ2v) is 6.66. The van der Waals surface area contributed by atoms with Gasteiger partial charge in [-0.3, -0.25) is 0 Å². The molecule has 1 saturated heterocycles. The lowest BCUT2D eigenvalue weighted by Gasteiger charge is -2.03. The van der Waals surface area contributed by atoms with Gasteiger partial charge in [-0.1, -0.05) is 84.0 Å². The highest BCUT2D eigenvalue weighted by molar-refractivity contribution is 4.92. The fraction of sp³-hybridized carbons (Fsp3) is 1.00. The number of rotatable bonds is 15. The van der Waals surface area contributed by atoms with Crippen LogP contribution in [-0.4, -0.2) is 30.0 Å². The Bertz CT molecular complexity index is 235. The molecule has 0 bridgehead atoms. The third kappa shape index (κ3) is 9.49. The molecule has 1 rings (SSSR count). The Kier molecular flexibility index (Phi) is 11.2. The van der Waals surface area contributed by atoms with E-state index in [1.165, 1.54) is 77.0 Å². The summed E-state index contributed by atoms with van der Waals surface area (Å²) in [7, 11) is 0. The summed E-state index contributed by atoms with van der Waals surface area (Å²) < 4.78 is 5.48. The molecule has 1 aliphatic heterocycles. The van der Waals surface area contributed by atoms with Crippen molar-refractivity contribution in [2.45, 2.75) is 109 Å². The molecule has 3 nitrogen and oxygen atoms in total. The van der Waals surface area contributed by atoms with Gasteiger partial charge in [-0.2, -0.15) is 0 Å². The summed E-state index contributed by atoms with van der Waals surface area (Å²) in [5, 5.41) is 8.93. The van der Waals surface area contributed by atoms with Crippen molar-refractivity contribution in [1.82, 2.24) is 0 Å². The Labute approximate surface area is 131 Å². The molecule has 3 N–H and O–H groups in total. The summed E-state index contributed by atoms with van der Waals surface area (Å²) >= 11 is 0. The van der Waals surface area contributed by atoms with Gasteiger partial charge in [0.2, 0.25) is 0 Å². The van der Waals surface area contributed by atoms with Crippen LogP contribution in [0.2, 0.25) is 0 Å². The van der Waals surface area contributed by atoms with Gasteiger partial charge in [0.1, 0.15) is 6.10 Å². The molecule has 1 heterocycles. The summed E-state index contributed by atoms with van der Waals surface area (Å²) in [5.41, 5.74) is 5.73. The van der Waals surface area contributed by atoms with Gasteiger partial charge in [-0.15, -0.1) is 0 Å². The summed E-state index contributed by atoms with van der Waals surface area (Å²) in [6.45, 7) is 2.32. The number of aliphatic hydroxyl groups excluding tert-OH is 1. The zero-order valence-electron chi connectivity index (χ0n) is 14.1. The minimum absolute atomic E-state index is 0.0413. The van der Waals surface area contributed by atoms with Gasteiger partial charge >= 0.3 is 0 Å². The molecular weight excluding hydrogens is 262 g/mol. The molecule has 1 fully saturated rings. The molecule has 0 aromatic heterocycles. The van der Waals surface area contributed by atoms with Crippen LogP contribution in [0.25, 0.3) is 0 Å². The first-order valence-electron chi connectivity index (χ1n) is 9.31. The molecule has 0 spiro atoms. The van der Waals surface area contributed by atoms with Crippen LogP contribution in [0.4, 0.5) is 0 Å². The van der Waals surface area contributed by atoms with Crippen molar-refractivity contribution in [3.63, 3.8) is 0 Å². The normalized spacial score (nSPS) is 22.4. The summed E-state index contributed by atoms with van der Waals surface area (Å²) in [6.07, 6.45) is 18.2. The topological polar surface area (TPSA) is 58.8 Å². The quantitative estimate of drug-likeness (QED) is 0.352. The molecule has 21 heavy (non-hydrogen) atoms. The van der Waals surface area contributed by atoms with Crippen LogP contribution in [0.1, 0.15) is 90.4 Å². The molecular formula is C18H37NO2. The van der Waals surface area contributed by atoms with E-state index in [0.717, 1.165) is 6.42 Å². The van der Waals surface area contributed by atoms with E-state index in [0.29, 0.717) is 6.10 Å². The molecule has 126 valence electrons. The first-order valence-corrected chi connectivity index (χ1v) is 9.31. The number of ether oxygens (including phenoxy) is 1. The average Bonchev–Trinajstić information content (AvgIpc) is 3.27. The molecule has 0 saturated carbocycles. The van der Waals surface area contributed by atoms with Gasteiger partial charge in [-0.05, 0) is 6.42 Å². The van der Waals surface area contributed by atoms with Crippen LogP contribution in [-0.2, 0) is 4.74 Å². The highest BCUT2D eigenvalue weighted by atomic mass is 16.6. The molecule has 0 aromatic rings. The molecule has 1 aliphatic rings. The molecule has 3 atom stereocenters. The van der Waals surface area contributed by atoms with E-state index in [4.69, 9.17) is 15.6 Å². The summed E-state index contributed by atoms with van der Waals surface area (Å²) in [6, 6.07) is -0.174. The highest BCUT2D eigenvalue weighted by Crippen LogP contribution is 2.29. The lowest BCUT2D eigenvalue weighted by Crippen LogP contribution is -2.31. The first kappa shape index (κ1) is 18.9. The number of hydrogen-bond donors (Lipinski definition) is 2. The number of nitrogens with two attached hydrogens (primary N) is 1. The first-order chi connectivity index (χ1) is 10.3. The van der Waals surface area contributed by atoms with Crippen LogP contribution in [0.15, 0.2) is 0 Å². The van der Waals surface area contributed by atoms with E-state index >= 15 is 0 Å². The maximum atomic E-state index is 8.93. The van der Waals surface area contributed by atoms with Gasteiger partial charge in [0.05, 0.1) is 18.8 Å². The van der Waals surface area contributed by atoms with E-state index in [1.807, 2.05) is 0 Å². The van der Waals surface area contributed by atoms with Crippen molar-refractivity contribution in [3.8, 4) is 0 Å². The molecule has 0 aromatic carbocycles. The maximum Gasteiger partial charge on any atom is 0.101 e. The smallest absolute Gasteiger partial charge is 0.101 e. The van der Waals surface area contributed by atoms with Gasteiger partial charge in [-0.25, -0.2) is 0 Å². The monoisotopic (exact) mass is 299 g/mol. The SMILES string of the molecule is CCCCCCCCCCCCCC[C@H]1O[C@H]1C(N)CO. The Morgan fingerprint density at radius 2 is 1.33 bits per heavy atom. The molecule has 1 unspecified atom stereocenters. The van der Waals surface area contributed by atoms with Crippen molar-refractivity contribution >= 4 is 0 Å². The molecule has 0 radical (unpaired) electrons. The number of epoxide rings is 1. The molecule has 0 aliphatic carbocycles. The zero-order chi connectivity index (χ0) is 15.3. The molecule has 0 amide bonds. The Balaban J connectivity index is 1.72. The standard InChI is InChI=1S/C18H37NO2/c1-2-3-4-5-6-7-8-9-10-11-12-13-14-17-18(21-17)16(19)15-20/h16-18,20H,2-15,19H2,1H3/t16?,17-,18+/m1/s1. The second kappa shape index (κ2) is 12.4. The predicted octanol–water partition coefficient (Wildman–Crippen LogP) is 4.16. The predicted molar refractivity (Wildman–Crippen MR) is 89.4 cm³/mol. The Hall–Kier alpha value is -0.120. The van der Waals surface area contributed by atoms with Crippen LogP contribution in [0, 0.1) is 0 Å². The van der Waals surface area contributed by atoms with Crippen LogP contribution < -0.4 is 5.73 Å². The van der Waals surface area contributed by atoms with Crippen molar-refractivity contribution in [2.75, 3.05) is 6.61 Å². The van der Waals surface area contributed by atoms with Crippen molar-refractivity contribution in [1.29, 1.82) is 0 Å². The van der Waals surface area contributed by atoms with E-state index in [9.17, 15) is 0 Å². The lowest BCUT2D eigenvalue weighted by atomic mass is 10.0. The van der Waals surface area contributed by atoms with E-state index in [1.54, 1.807) is 0 Å². The van der Waals surface area contributed by atoms with Crippen LogP contribution in [0.3, 0.4) is 0 Å². The van der Waals surface area contributed by atoms with E-state index in [2.05, 4.69) is 6.92 Å². The number of hydrogen-bond acceptors (Lipinski definition) is 3. The maximum absolute atomic E-state index is 8.93. The largest absolute Gasteiger partial charge is 0.395 e. The van der Waals surface area contributed by atoms with E-state index < -0.39 is 0 Å². The molecule has 3 heteroatoms. The minimum Gasteiger partial charge on any atom is -0.395 e. The highest BCUT2D eigenvalue weighted by Gasteiger charge is 2.42. The Morgan fingerprint density at radius 1 is 0.857 bits per heavy atom. The fourth-order valence-corrected chi connectivity index (χ4v) is 3.06. The third-order valence-electron chi connectivity index (χ3n) is 4.60. The van der Waals surface area contributed by atoms with Gasteiger partial charge in [0.25, 0.3) is 0 Å². The van der Waals surface area contributed by atoms with Crippen molar-refractivity contribution < 1.29 is 9.84 Å². The van der Waals surface area contributed by atoms with Gasteiger partial charge < -0.3 is 15.6 Å².